The average Bonchev–Trinajstić information content (AvgIpc) is 3.47. The summed E-state index contributed by atoms with van der Waals surface area (Å²) in [5.74, 6) is -0.809. The fourth-order valence-corrected chi connectivity index (χ4v) is 6.17. The Balaban J connectivity index is 1.43. The molecule has 0 amide bonds. The van der Waals surface area contributed by atoms with Gasteiger partial charge in [-0.25, -0.2) is 8.78 Å². The molecule has 0 radical (unpaired) electrons. The van der Waals surface area contributed by atoms with Crippen LogP contribution in [0.4, 0.5) is 13.2 Å². The molecule has 1 aromatic heterocycles. The summed E-state index contributed by atoms with van der Waals surface area (Å²) in [6.07, 6.45) is 1.37. The molecule has 1 fully saturated rings. The van der Waals surface area contributed by atoms with Gasteiger partial charge in [0.25, 0.3) is 0 Å². The van der Waals surface area contributed by atoms with E-state index < -0.39 is 17.4 Å². The smallest absolute Gasteiger partial charge is 0.207 e. The number of aromatic hydroxyl groups is 1. The molecule has 5 nitrogen and oxygen atoms in total. The van der Waals surface area contributed by atoms with Gasteiger partial charge in [-0.15, -0.1) is 11.3 Å². The number of halogens is 3. The van der Waals surface area contributed by atoms with Gasteiger partial charge in [-0.05, 0) is 80.3 Å². The SMILES string of the molecule is Cc1cc(F)cc(C)c1C(=O)c1sc2cc(O)cc(F)c2c1Oc1ccc(O[C@@H]2CCN(CCCF)C2)cc1. The van der Waals surface area contributed by atoms with Crippen LogP contribution in [0.1, 0.15) is 39.2 Å². The molecule has 1 atom stereocenters. The number of rotatable bonds is 9. The molecule has 1 aliphatic rings. The Morgan fingerprint density at radius 2 is 1.77 bits per heavy atom. The van der Waals surface area contributed by atoms with E-state index >= 15 is 4.39 Å². The molecule has 0 unspecified atom stereocenters. The minimum atomic E-state index is -0.721. The molecule has 1 aliphatic heterocycles. The van der Waals surface area contributed by atoms with E-state index in [0.29, 0.717) is 45.9 Å². The van der Waals surface area contributed by atoms with E-state index in [1.807, 2.05) is 0 Å². The Morgan fingerprint density at radius 3 is 2.46 bits per heavy atom. The van der Waals surface area contributed by atoms with Crippen LogP contribution in [0.5, 0.6) is 23.0 Å². The summed E-state index contributed by atoms with van der Waals surface area (Å²) >= 11 is 1.01. The molecule has 3 aromatic carbocycles. The number of hydrogen-bond acceptors (Lipinski definition) is 6. The molecule has 39 heavy (non-hydrogen) atoms. The van der Waals surface area contributed by atoms with Gasteiger partial charge < -0.3 is 14.6 Å². The fourth-order valence-electron chi connectivity index (χ4n) is 5.04. The predicted molar refractivity (Wildman–Crippen MR) is 145 cm³/mol. The van der Waals surface area contributed by atoms with Crippen LogP contribution >= 0.6 is 11.3 Å². The van der Waals surface area contributed by atoms with Crippen molar-refractivity contribution in [1.82, 2.24) is 4.90 Å². The van der Waals surface area contributed by atoms with Gasteiger partial charge in [0.1, 0.15) is 39.9 Å². The number of alkyl halides is 1. The third-order valence-corrected chi connectivity index (χ3v) is 7.92. The van der Waals surface area contributed by atoms with Crippen LogP contribution in [-0.4, -0.2) is 48.2 Å². The van der Waals surface area contributed by atoms with Gasteiger partial charge in [-0.2, -0.15) is 0 Å². The highest BCUT2D eigenvalue weighted by molar-refractivity contribution is 7.21. The Hall–Kier alpha value is -3.56. The van der Waals surface area contributed by atoms with Crippen LogP contribution in [-0.2, 0) is 0 Å². The van der Waals surface area contributed by atoms with Crippen LogP contribution in [0.3, 0.4) is 0 Å². The summed E-state index contributed by atoms with van der Waals surface area (Å²) in [6.45, 7) is 5.27. The molecule has 0 aliphatic carbocycles. The van der Waals surface area contributed by atoms with Crippen molar-refractivity contribution in [3.8, 4) is 23.0 Å². The van der Waals surface area contributed by atoms with Crippen LogP contribution in [0.15, 0.2) is 48.5 Å². The zero-order valence-electron chi connectivity index (χ0n) is 21.6. The van der Waals surface area contributed by atoms with Crippen molar-refractivity contribution in [3.63, 3.8) is 0 Å². The molecule has 0 saturated carbocycles. The standard InChI is InChI=1S/C30H28F3NO4S/c1-17-12-19(32)13-18(2)26(17)28(36)30-29(27-24(33)14-20(35)15-25(27)39-30)38-22-6-4-21(5-7-22)37-23-8-11-34(16-23)10-3-9-31/h4-7,12-15,23,35H,3,8-11,16H2,1-2H3/t23-/m1/s1. The number of ketones is 1. The quantitative estimate of drug-likeness (QED) is 0.219. The number of carbonyl (C=O) groups excluding carboxylic acids is 1. The first kappa shape index (κ1) is 27.0. The number of nitrogens with zero attached hydrogens (tertiary/aromatic N) is 1. The van der Waals surface area contributed by atoms with E-state index in [1.165, 1.54) is 18.2 Å². The fraction of sp³-hybridized carbons (Fsp3) is 0.300. The number of thiophene rings is 1. The van der Waals surface area contributed by atoms with Crippen molar-refractivity contribution in [2.24, 2.45) is 0 Å². The van der Waals surface area contributed by atoms with Gasteiger partial charge in [0.05, 0.1) is 12.1 Å². The maximum absolute atomic E-state index is 15.1. The van der Waals surface area contributed by atoms with Gasteiger partial charge in [0.2, 0.25) is 5.78 Å². The summed E-state index contributed by atoms with van der Waals surface area (Å²) in [5.41, 5.74) is 1.24. The number of aryl methyl sites for hydroxylation is 2. The Kier molecular flexibility index (Phi) is 7.81. The van der Waals surface area contributed by atoms with Crippen molar-refractivity contribution in [3.05, 3.63) is 81.7 Å². The lowest BCUT2D eigenvalue weighted by Crippen LogP contribution is -2.26. The molecular weight excluding hydrogens is 527 g/mol. The van der Waals surface area contributed by atoms with Crippen LogP contribution in [0, 0.1) is 25.5 Å². The first-order chi connectivity index (χ1) is 18.7. The second-order valence-electron chi connectivity index (χ2n) is 9.75. The predicted octanol–water partition coefficient (Wildman–Crippen LogP) is 7.34. The van der Waals surface area contributed by atoms with E-state index in [1.54, 1.807) is 38.1 Å². The minimum absolute atomic E-state index is 0.00498. The molecule has 9 heteroatoms. The second-order valence-corrected chi connectivity index (χ2v) is 10.8. The van der Waals surface area contributed by atoms with Crippen molar-refractivity contribution in [2.45, 2.75) is 32.8 Å². The molecule has 0 bridgehead atoms. The van der Waals surface area contributed by atoms with Crippen LogP contribution in [0.25, 0.3) is 10.1 Å². The molecule has 0 spiro atoms. The summed E-state index contributed by atoms with van der Waals surface area (Å²) in [5, 5.41) is 10.0. The number of likely N-dealkylation sites (tertiary alicyclic amines) is 1. The van der Waals surface area contributed by atoms with Gasteiger partial charge in [-0.3, -0.25) is 14.1 Å². The third-order valence-electron chi connectivity index (χ3n) is 6.80. The second kappa shape index (κ2) is 11.3. The first-order valence-corrected chi connectivity index (χ1v) is 13.5. The first-order valence-electron chi connectivity index (χ1n) is 12.7. The number of phenols is 1. The number of benzene rings is 3. The molecule has 1 N–H and O–H groups in total. The summed E-state index contributed by atoms with van der Waals surface area (Å²) in [6, 6.07) is 11.8. The highest BCUT2D eigenvalue weighted by Gasteiger charge is 2.27. The minimum Gasteiger partial charge on any atom is -0.508 e. The molecule has 204 valence electrons. The number of fused-ring (bicyclic) bond motifs is 1. The lowest BCUT2D eigenvalue weighted by atomic mass is 9.97. The van der Waals surface area contributed by atoms with E-state index in [0.717, 1.165) is 36.9 Å². The van der Waals surface area contributed by atoms with E-state index in [-0.39, 0.29) is 34.5 Å². The monoisotopic (exact) mass is 555 g/mol. The molecule has 1 saturated heterocycles. The van der Waals surface area contributed by atoms with Crippen LogP contribution in [0.2, 0.25) is 0 Å². The lowest BCUT2D eigenvalue weighted by Gasteiger charge is -2.16. The molecule has 4 aromatic rings. The lowest BCUT2D eigenvalue weighted by molar-refractivity contribution is 0.103. The highest BCUT2D eigenvalue weighted by atomic mass is 32.1. The average molecular weight is 556 g/mol. The Labute approximate surface area is 228 Å². The van der Waals surface area contributed by atoms with Crippen molar-refractivity contribution < 1.29 is 32.5 Å². The van der Waals surface area contributed by atoms with Crippen LogP contribution < -0.4 is 9.47 Å². The van der Waals surface area contributed by atoms with E-state index in [2.05, 4.69) is 4.90 Å². The maximum atomic E-state index is 15.1. The highest BCUT2D eigenvalue weighted by Crippen LogP contribution is 2.44. The van der Waals surface area contributed by atoms with Gasteiger partial charge in [0.15, 0.2) is 5.75 Å². The van der Waals surface area contributed by atoms with Gasteiger partial charge in [-0.1, -0.05) is 0 Å². The zero-order chi connectivity index (χ0) is 27.7. The van der Waals surface area contributed by atoms with Crippen molar-refractivity contribution >= 4 is 27.2 Å². The molecule has 5 rings (SSSR count). The van der Waals surface area contributed by atoms with Crippen molar-refractivity contribution in [2.75, 3.05) is 26.3 Å². The number of phenolic OH excluding ortho intramolecular Hbond substituents is 1. The molecular formula is C30H28F3NO4S. The topological polar surface area (TPSA) is 59.0 Å². The summed E-state index contributed by atoms with van der Waals surface area (Å²) < 4.78 is 54.0. The maximum Gasteiger partial charge on any atom is 0.207 e. The number of carbonyl (C=O) groups is 1. The Morgan fingerprint density at radius 1 is 1.08 bits per heavy atom. The van der Waals surface area contributed by atoms with E-state index in [4.69, 9.17) is 9.47 Å². The summed E-state index contributed by atoms with van der Waals surface area (Å²) in [7, 11) is 0. The van der Waals surface area contributed by atoms with Gasteiger partial charge >= 0.3 is 0 Å². The molecule has 2 heterocycles. The summed E-state index contributed by atoms with van der Waals surface area (Å²) in [4.78, 5) is 16.0. The van der Waals surface area contributed by atoms with Gasteiger partial charge in [0, 0.05) is 36.0 Å². The largest absolute Gasteiger partial charge is 0.508 e. The zero-order valence-corrected chi connectivity index (χ0v) is 22.4. The number of ether oxygens (including phenoxy) is 2. The van der Waals surface area contributed by atoms with Crippen molar-refractivity contribution in [1.29, 1.82) is 0 Å². The normalized spacial score (nSPS) is 15.7. The number of hydrogen-bond donors (Lipinski definition) is 1. The Bertz CT molecular complexity index is 1500. The van der Waals surface area contributed by atoms with E-state index in [9.17, 15) is 18.7 Å². The third kappa shape index (κ3) is 5.74.